The van der Waals surface area contributed by atoms with E-state index in [1.807, 2.05) is 42.5 Å². The van der Waals surface area contributed by atoms with Crippen LogP contribution in [0.3, 0.4) is 0 Å². The number of ether oxygens (including phenoxy) is 2. The van der Waals surface area contributed by atoms with Crippen molar-refractivity contribution in [2.45, 2.75) is 167 Å². The summed E-state index contributed by atoms with van der Waals surface area (Å²) >= 11 is 0. The molecule has 0 unspecified atom stereocenters. The molecule has 0 amide bonds. The van der Waals surface area contributed by atoms with Gasteiger partial charge in [-0.1, -0.05) is 146 Å². The van der Waals surface area contributed by atoms with Gasteiger partial charge < -0.3 is 24.4 Å². The highest BCUT2D eigenvalue weighted by molar-refractivity contribution is 7.46. The molecule has 0 aliphatic carbocycles. The summed E-state index contributed by atoms with van der Waals surface area (Å²) in [4.78, 5) is 30.4. The summed E-state index contributed by atoms with van der Waals surface area (Å²) in [5.74, 6) is -0.467. The average Bonchev–Trinajstić information content (AvgIpc) is 3.05. The van der Waals surface area contributed by atoms with Crippen LogP contribution in [0, 0.1) is 0 Å². The molecule has 278 valence electrons. The molecular weight excluding hydrogens is 627 g/mol. The molecule has 2 atom stereocenters. The maximum Gasteiger partial charge on any atom is 0.469 e. The normalized spacial score (nSPS) is 13.9. The van der Waals surface area contributed by atoms with Gasteiger partial charge in [0.15, 0.2) is 6.10 Å². The van der Waals surface area contributed by atoms with Gasteiger partial charge in [-0.05, 0) is 57.4 Å². The van der Waals surface area contributed by atoms with Crippen LogP contribution in [0.4, 0.5) is 0 Å². The highest BCUT2D eigenvalue weighted by atomic mass is 31.2. The Kier molecular flexibility index (Phi) is 33.5. The van der Waals surface area contributed by atoms with Crippen molar-refractivity contribution in [1.82, 2.24) is 0 Å². The number of aliphatic hydroxyl groups excluding tert-OH is 1. The van der Waals surface area contributed by atoms with Crippen molar-refractivity contribution in [2.75, 3.05) is 13.2 Å². The van der Waals surface area contributed by atoms with Crippen LogP contribution in [0.5, 0.6) is 0 Å². The molecule has 0 aromatic carbocycles. The Morgan fingerprint density at radius 3 is 1.90 bits per heavy atom. The third-order valence-corrected chi connectivity index (χ3v) is 8.20. The molecule has 0 radical (unpaired) electrons. The lowest BCUT2D eigenvalue weighted by molar-refractivity contribution is -0.153. The molecule has 8 nitrogen and oxygen atoms in total. The maximum atomic E-state index is 12.3. The fourth-order valence-corrected chi connectivity index (χ4v) is 5.25. The number of hydrogen-bond donors (Lipinski definition) is 3. The van der Waals surface area contributed by atoms with E-state index in [0.29, 0.717) is 19.3 Å². The summed E-state index contributed by atoms with van der Waals surface area (Å²) in [6.45, 7) is 3.94. The van der Waals surface area contributed by atoms with Crippen LogP contribution in [0.15, 0.2) is 60.9 Å². The lowest BCUT2D eigenvalue weighted by Crippen LogP contribution is -2.27. The number of hydrogen-bond acceptors (Lipinski definition) is 6. The molecule has 0 aromatic rings. The van der Waals surface area contributed by atoms with Gasteiger partial charge in [0.25, 0.3) is 0 Å². The molecule has 0 saturated heterocycles. The van der Waals surface area contributed by atoms with E-state index in [-0.39, 0.29) is 13.0 Å². The third kappa shape index (κ3) is 36.9. The van der Waals surface area contributed by atoms with Gasteiger partial charge in [-0.3, -0.25) is 9.32 Å². The molecule has 0 heterocycles. The second-order valence-electron chi connectivity index (χ2n) is 12.5. The van der Waals surface area contributed by atoms with Gasteiger partial charge in [-0.2, -0.15) is 0 Å². The van der Waals surface area contributed by atoms with E-state index in [0.717, 1.165) is 25.7 Å². The molecule has 0 bridgehead atoms. The van der Waals surface area contributed by atoms with Crippen molar-refractivity contribution in [1.29, 1.82) is 0 Å². The zero-order valence-electron chi connectivity index (χ0n) is 30.2. The van der Waals surface area contributed by atoms with Gasteiger partial charge in [0, 0.05) is 6.42 Å². The van der Waals surface area contributed by atoms with E-state index in [4.69, 9.17) is 19.3 Å². The van der Waals surface area contributed by atoms with E-state index in [1.165, 1.54) is 89.9 Å². The highest BCUT2D eigenvalue weighted by Gasteiger charge is 2.21. The smallest absolute Gasteiger partial charge is 0.469 e. The van der Waals surface area contributed by atoms with Crippen LogP contribution in [-0.4, -0.2) is 46.3 Å². The molecular formula is C39H69O8P. The maximum absolute atomic E-state index is 12.3. The number of unbranched alkanes of at least 4 members (excludes halogenated alkanes) is 16. The lowest BCUT2D eigenvalue weighted by atomic mass is 10.0. The Bertz CT molecular complexity index is 921. The van der Waals surface area contributed by atoms with E-state index in [1.54, 1.807) is 12.3 Å². The Morgan fingerprint density at radius 2 is 1.23 bits per heavy atom. The first-order valence-electron chi connectivity index (χ1n) is 18.8. The Morgan fingerprint density at radius 1 is 0.667 bits per heavy atom. The fourth-order valence-electron chi connectivity index (χ4n) is 4.89. The van der Waals surface area contributed by atoms with Crippen LogP contribution in [-0.2, 0) is 23.4 Å². The number of phosphoric ester groups is 1. The molecule has 0 spiro atoms. The first kappa shape index (κ1) is 46.0. The van der Waals surface area contributed by atoms with Crippen LogP contribution in [0.25, 0.3) is 0 Å². The number of phosphoric acid groups is 1. The number of allylic oxidation sites excluding steroid dienone is 7. The molecule has 0 fully saturated rings. The summed E-state index contributed by atoms with van der Waals surface area (Å²) in [6.07, 6.45) is 41.9. The minimum absolute atomic E-state index is 0.0475. The summed E-state index contributed by atoms with van der Waals surface area (Å²) in [7, 11) is -4.70. The number of carbonyl (C=O) groups excluding carboxylic acids is 1. The molecule has 0 aromatic heterocycles. The number of aliphatic hydroxyl groups is 1. The largest absolute Gasteiger partial charge is 0.498 e. The van der Waals surface area contributed by atoms with Crippen LogP contribution in [0.1, 0.15) is 155 Å². The van der Waals surface area contributed by atoms with Gasteiger partial charge >= 0.3 is 13.8 Å². The summed E-state index contributed by atoms with van der Waals surface area (Å²) in [5, 5.41) is 9.98. The molecule has 0 saturated carbocycles. The van der Waals surface area contributed by atoms with Gasteiger partial charge in [-0.25, -0.2) is 4.57 Å². The minimum Gasteiger partial charge on any atom is -0.498 e. The zero-order valence-corrected chi connectivity index (χ0v) is 31.1. The predicted octanol–water partition coefficient (Wildman–Crippen LogP) is 10.7. The topological polar surface area (TPSA) is 123 Å². The monoisotopic (exact) mass is 696 g/mol. The minimum atomic E-state index is -4.70. The fraction of sp³-hybridized carbons (Fsp3) is 0.718. The standard InChI is InChI=1S/C39H69O8P/c1-3-5-7-9-11-12-13-14-15-16-19-22-26-30-34-45-35-38(36-46-48(42,43)44)47-39(41)33-29-25-21-18-17-20-24-28-32-37(40)31-27-23-10-8-6-4-2/h18,20-21,23-24,27-28,30,32,34,37-38,40H,3-17,19,22,25-26,29,31,33,35-36H2,1-2H3,(H2,42,43,44)/b21-18-,24-20-,27-23-,32-28+,34-30+/t37-,38+/m0/s1. The molecule has 3 N–H and O–H groups in total. The van der Waals surface area contributed by atoms with Crippen molar-refractivity contribution in [3.8, 4) is 0 Å². The third-order valence-electron chi connectivity index (χ3n) is 7.72. The van der Waals surface area contributed by atoms with Gasteiger partial charge in [0.2, 0.25) is 0 Å². The van der Waals surface area contributed by atoms with Crippen LogP contribution in [0.2, 0.25) is 0 Å². The van der Waals surface area contributed by atoms with Crippen LogP contribution < -0.4 is 0 Å². The average molecular weight is 697 g/mol. The second-order valence-corrected chi connectivity index (χ2v) is 13.7. The molecule has 48 heavy (non-hydrogen) atoms. The van der Waals surface area contributed by atoms with Crippen molar-refractivity contribution in [3.05, 3.63) is 60.9 Å². The molecule has 0 rings (SSSR count). The van der Waals surface area contributed by atoms with Gasteiger partial charge in [-0.15, -0.1) is 0 Å². The van der Waals surface area contributed by atoms with Gasteiger partial charge in [0.1, 0.15) is 6.61 Å². The first-order chi connectivity index (χ1) is 23.3. The van der Waals surface area contributed by atoms with E-state index >= 15 is 0 Å². The summed E-state index contributed by atoms with van der Waals surface area (Å²) in [5.41, 5.74) is 0. The quantitative estimate of drug-likeness (QED) is 0.0152. The summed E-state index contributed by atoms with van der Waals surface area (Å²) < 4.78 is 26.6. The molecule has 0 aliphatic heterocycles. The van der Waals surface area contributed by atoms with Crippen molar-refractivity contribution >= 4 is 13.8 Å². The van der Waals surface area contributed by atoms with Crippen molar-refractivity contribution < 1.29 is 38.3 Å². The first-order valence-corrected chi connectivity index (χ1v) is 20.3. The van der Waals surface area contributed by atoms with E-state index in [9.17, 15) is 14.5 Å². The van der Waals surface area contributed by atoms with Crippen molar-refractivity contribution in [2.24, 2.45) is 0 Å². The predicted molar refractivity (Wildman–Crippen MR) is 198 cm³/mol. The second kappa shape index (κ2) is 34.9. The van der Waals surface area contributed by atoms with E-state index in [2.05, 4.69) is 24.4 Å². The molecule has 9 heteroatoms. The Balaban J connectivity index is 4.10. The lowest BCUT2D eigenvalue weighted by Gasteiger charge is -2.17. The molecule has 0 aliphatic rings. The van der Waals surface area contributed by atoms with Crippen LogP contribution >= 0.6 is 7.82 Å². The zero-order chi connectivity index (χ0) is 35.4. The highest BCUT2D eigenvalue weighted by Crippen LogP contribution is 2.35. The van der Waals surface area contributed by atoms with Crippen molar-refractivity contribution in [3.63, 3.8) is 0 Å². The Hall–Kier alpha value is -1.96. The number of carbonyl (C=O) groups is 1. The Labute approximate surface area is 293 Å². The van der Waals surface area contributed by atoms with Gasteiger partial charge in [0.05, 0.1) is 19.0 Å². The number of rotatable bonds is 34. The SMILES string of the molecule is CCCCC/C=C\C[C@H](O)/C=C/C=C\C/C=C\CCCC(=O)O[C@H](CO/C=C/CCCCCCCCCCCCCC)COP(=O)(O)O. The summed E-state index contributed by atoms with van der Waals surface area (Å²) in [6, 6.07) is 0. The number of esters is 1. The van der Waals surface area contributed by atoms with E-state index < -0.39 is 32.6 Å².